The number of aromatic nitrogens is 2. The van der Waals surface area contributed by atoms with Crippen LogP contribution in [0, 0.1) is 5.82 Å². The number of imidazole rings is 1. The van der Waals surface area contributed by atoms with Gasteiger partial charge in [-0.25, -0.2) is 17.8 Å². The van der Waals surface area contributed by atoms with Crippen LogP contribution in [0.5, 0.6) is 0 Å². The monoisotopic (exact) mass is 575 g/mol. The predicted octanol–water partition coefficient (Wildman–Crippen LogP) is 4.65. The lowest BCUT2D eigenvalue weighted by atomic mass is 10.1. The lowest BCUT2D eigenvalue weighted by Gasteiger charge is -2.27. The molecule has 1 aromatic heterocycles. The molecule has 2 aromatic carbocycles. The molecule has 0 spiro atoms. The Kier molecular flexibility index (Phi) is 8.66. The summed E-state index contributed by atoms with van der Waals surface area (Å²) < 4.78 is 53.7. The number of amides is 1. The number of hydrogen-bond acceptors (Lipinski definition) is 6. The van der Waals surface area contributed by atoms with Crippen LogP contribution in [-0.4, -0.2) is 60.7 Å². The van der Waals surface area contributed by atoms with E-state index in [2.05, 4.69) is 4.98 Å². The van der Waals surface area contributed by atoms with Gasteiger partial charge >= 0.3 is 0 Å². The van der Waals surface area contributed by atoms with E-state index in [1.165, 1.54) is 30.5 Å². The Hall–Kier alpha value is -2.79. The van der Waals surface area contributed by atoms with Gasteiger partial charge in [0.25, 0.3) is 5.91 Å². The van der Waals surface area contributed by atoms with Crippen LogP contribution in [0.2, 0.25) is 5.02 Å². The van der Waals surface area contributed by atoms with E-state index in [9.17, 15) is 17.6 Å². The molecule has 0 bridgehead atoms. The van der Waals surface area contributed by atoms with Crippen LogP contribution in [0.1, 0.15) is 47.3 Å². The number of ether oxygens (including phenoxy) is 2. The largest absolute Gasteiger partial charge is 0.376 e. The highest BCUT2D eigenvalue weighted by molar-refractivity contribution is 7.90. The molecule has 11 heteroatoms. The standard InChI is InChI=1S/C28H31ClFN3O5S/c29-22-5-1-4-21(14-22)27(34)32(17-25-6-2-12-37-25)16-24-15-31-28(33(24)18-26-7-3-13-38-26)39(35,36)19-20-8-10-23(30)11-9-20/h1,4-5,8-11,14-15,25-26H,2-3,6-7,12-13,16-19H2. The molecular formula is C28H31ClFN3O5S. The van der Waals surface area contributed by atoms with Gasteiger partial charge < -0.3 is 18.9 Å². The number of carbonyl (C=O) groups excluding carboxylic acids is 1. The number of sulfone groups is 1. The summed E-state index contributed by atoms with van der Waals surface area (Å²) in [6.07, 6.45) is 4.71. The Labute approximate surface area is 232 Å². The zero-order valence-corrected chi connectivity index (χ0v) is 23.0. The van der Waals surface area contributed by atoms with Crippen molar-refractivity contribution in [2.24, 2.45) is 0 Å². The molecule has 2 atom stereocenters. The van der Waals surface area contributed by atoms with Gasteiger partial charge in [0.15, 0.2) is 0 Å². The van der Waals surface area contributed by atoms with E-state index in [1.54, 1.807) is 33.7 Å². The molecule has 3 heterocycles. The van der Waals surface area contributed by atoms with Crippen LogP contribution in [0.3, 0.4) is 0 Å². The van der Waals surface area contributed by atoms with Crippen molar-refractivity contribution in [2.45, 2.75) is 61.9 Å². The van der Waals surface area contributed by atoms with Gasteiger partial charge in [-0.05, 0) is 61.6 Å². The second-order valence-electron chi connectivity index (χ2n) is 9.99. The number of hydrogen-bond donors (Lipinski definition) is 0. The van der Waals surface area contributed by atoms with E-state index in [0.29, 0.717) is 48.1 Å². The smallest absolute Gasteiger partial charge is 0.254 e. The van der Waals surface area contributed by atoms with E-state index >= 15 is 0 Å². The summed E-state index contributed by atoms with van der Waals surface area (Å²) in [5.74, 6) is -0.987. The quantitative estimate of drug-likeness (QED) is 0.349. The minimum atomic E-state index is -3.89. The van der Waals surface area contributed by atoms with Crippen LogP contribution >= 0.6 is 11.6 Å². The lowest BCUT2D eigenvalue weighted by molar-refractivity contribution is 0.0496. The minimum absolute atomic E-state index is 0.0930. The van der Waals surface area contributed by atoms with Gasteiger partial charge in [-0.15, -0.1) is 0 Å². The van der Waals surface area contributed by atoms with Crippen molar-refractivity contribution in [1.29, 1.82) is 0 Å². The molecule has 208 valence electrons. The average molecular weight is 576 g/mol. The molecule has 2 aliphatic heterocycles. The highest BCUT2D eigenvalue weighted by atomic mass is 35.5. The number of halogens is 2. The van der Waals surface area contributed by atoms with Crippen molar-refractivity contribution < 1.29 is 27.1 Å². The summed E-state index contributed by atoms with van der Waals surface area (Å²) in [5.41, 5.74) is 1.48. The van der Waals surface area contributed by atoms with Crippen LogP contribution in [0.4, 0.5) is 4.39 Å². The number of benzene rings is 2. The molecule has 2 saturated heterocycles. The predicted molar refractivity (Wildman–Crippen MR) is 144 cm³/mol. The summed E-state index contributed by atoms with van der Waals surface area (Å²) in [5, 5.41) is 0.361. The van der Waals surface area contributed by atoms with Crippen molar-refractivity contribution in [3.05, 3.63) is 82.4 Å². The van der Waals surface area contributed by atoms with E-state index in [0.717, 1.165) is 25.7 Å². The van der Waals surface area contributed by atoms with E-state index in [1.807, 2.05) is 0 Å². The second-order valence-corrected chi connectivity index (χ2v) is 12.3. The maximum atomic E-state index is 13.6. The molecule has 1 amide bonds. The molecular weight excluding hydrogens is 545 g/mol. The van der Waals surface area contributed by atoms with Crippen molar-refractivity contribution in [2.75, 3.05) is 19.8 Å². The Balaban J connectivity index is 1.47. The van der Waals surface area contributed by atoms with Crippen molar-refractivity contribution in [3.8, 4) is 0 Å². The summed E-state index contributed by atoms with van der Waals surface area (Å²) in [7, 11) is -3.89. The molecule has 0 N–H and O–H groups in total. The van der Waals surface area contributed by atoms with Gasteiger partial charge in [0.2, 0.25) is 15.0 Å². The fourth-order valence-corrected chi connectivity index (χ4v) is 6.76. The lowest BCUT2D eigenvalue weighted by Crippen LogP contribution is -2.38. The first kappa shape index (κ1) is 27.8. The second kappa shape index (κ2) is 12.2. The first-order chi connectivity index (χ1) is 18.8. The highest BCUT2D eigenvalue weighted by Gasteiger charge is 2.30. The molecule has 8 nitrogen and oxygen atoms in total. The Bertz CT molecular complexity index is 1400. The van der Waals surface area contributed by atoms with Gasteiger partial charge in [0.05, 0.1) is 42.9 Å². The first-order valence-electron chi connectivity index (χ1n) is 13.1. The fraction of sp³-hybridized carbons (Fsp3) is 0.429. The van der Waals surface area contributed by atoms with Crippen LogP contribution in [0.25, 0.3) is 0 Å². The van der Waals surface area contributed by atoms with Crippen LogP contribution in [0.15, 0.2) is 59.9 Å². The van der Waals surface area contributed by atoms with Gasteiger partial charge in [-0.3, -0.25) is 4.79 Å². The normalized spacial score (nSPS) is 19.4. The maximum Gasteiger partial charge on any atom is 0.254 e. The van der Waals surface area contributed by atoms with Gasteiger partial charge in [0.1, 0.15) is 5.82 Å². The topological polar surface area (TPSA) is 90.7 Å². The third-order valence-electron chi connectivity index (χ3n) is 7.02. The van der Waals surface area contributed by atoms with Gasteiger partial charge in [0, 0.05) is 30.3 Å². The van der Waals surface area contributed by atoms with Crippen LogP contribution < -0.4 is 0 Å². The third-order valence-corrected chi connectivity index (χ3v) is 8.85. The summed E-state index contributed by atoms with van der Waals surface area (Å²) >= 11 is 6.16. The molecule has 0 aliphatic carbocycles. The fourth-order valence-electron chi connectivity index (χ4n) is 5.07. The van der Waals surface area contributed by atoms with E-state index in [4.69, 9.17) is 21.1 Å². The van der Waals surface area contributed by atoms with Crippen molar-refractivity contribution in [1.82, 2.24) is 14.5 Å². The summed E-state index contributed by atoms with van der Waals surface area (Å²) in [6, 6.07) is 12.1. The SMILES string of the molecule is O=C(c1cccc(Cl)c1)N(Cc1cnc(S(=O)(=O)Cc2ccc(F)cc2)n1CC1CCCO1)CC1CCCO1. The molecule has 5 rings (SSSR count). The molecule has 3 aromatic rings. The average Bonchev–Trinajstić information content (AvgIpc) is 3.69. The maximum absolute atomic E-state index is 13.6. The van der Waals surface area contributed by atoms with Gasteiger partial charge in [-0.1, -0.05) is 29.8 Å². The summed E-state index contributed by atoms with van der Waals surface area (Å²) in [4.78, 5) is 19.6. The first-order valence-corrected chi connectivity index (χ1v) is 15.1. The molecule has 2 fully saturated rings. The van der Waals surface area contributed by atoms with E-state index < -0.39 is 15.7 Å². The Morgan fingerprint density at radius 2 is 1.79 bits per heavy atom. The van der Waals surface area contributed by atoms with Crippen LogP contribution in [-0.2, 0) is 38.2 Å². The molecule has 2 aliphatic rings. The van der Waals surface area contributed by atoms with E-state index in [-0.39, 0.29) is 35.6 Å². The summed E-state index contributed by atoms with van der Waals surface area (Å²) in [6.45, 7) is 2.05. The third kappa shape index (κ3) is 6.87. The van der Waals surface area contributed by atoms with Gasteiger partial charge in [-0.2, -0.15) is 0 Å². The minimum Gasteiger partial charge on any atom is -0.376 e. The van der Waals surface area contributed by atoms with Crippen molar-refractivity contribution in [3.63, 3.8) is 0 Å². The number of rotatable bonds is 10. The Morgan fingerprint density at radius 1 is 1.08 bits per heavy atom. The Morgan fingerprint density at radius 3 is 2.46 bits per heavy atom. The highest BCUT2D eigenvalue weighted by Crippen LogP contribution is 2.24. The zero-order valence-electron chi connectivity index (χ0n) is 21.5. The molecule has 0 radical (unpaired) electrons. The van der Waals surface area contributed by atoms with Crippen molar-refractivity contribution >= 4 is 27.3 Å². The molecule has 2 unspecified atom stereocenters. The molecule has 39 heavy (non-hydrogen) atoms. The molecule has 0 saturated carbocycles. The zero-order chi connectivity index (χ0) is 27.4. The number of carbonyl (C=O) groups is 1. The number of nitrogens with zero attached hydrogens (tertiary/aromatic N) is 3.